The van der Waals surface area contributed by atoms with Crippen LogP contribution in [0.3, 0.4) is 0 Å². The fraction of sp³-hybridized carbons (Fsp3) is 0.0952. The molecular formula is C21H19F2N5O5S4. The van der Waals surface area contributed by atoms with Crippen LogP contribution in [0.4, 0.5) is 25.3 Å². The number of nitrogens with one attached hydrogen (secondary N) is 2. The Bertz CT molecular complexity index is 1590. The summed E-state index contributed by atoms with van der Waals surface area (Å²) in [5.74, 6) is -2.23. The van der Waals surface area contributed by atoms with Gasteiger partial charge in [-0.05, 0) is 36.4 Å². The fourth-order valence-corrected chi connectivity index (χ4v) is 6.74. The van der Waals surface area contributed by atoms with Crippen molar-refractivity contribution in [3.8, 4) is 0 Å². The molecule has 2 heterocycles. The summed E-state index contributed by atoms with van der Waals surface area (Å²) >= 11 is 2.35. The second kappa shape index (κ2) is 11.7. The quantitative estimate of drug-likeness (QED) is 0.275. The maximum Gasteiger partial charge on any atom is 0.263 e. The van der Waals surface area contributed by atoms with Gasteiger partial charge in [-0.25, -0.2) is 35.6 Å². The Morgan fingerprint density at radius 2 is 1.59 bits per heavy atom. The molecule has 37 heavy (non-hydrogen) atoms. The predicted molar refractivity (Wildman–Crippen MR) is 137 cm³/mol. The van der Waals surface area contributed by atoms with E-state index in [1.807, 2.05) is 0 Å². The standard InChI is InChI=1S/C11H10FN3O3S2.C10H9FN2O2S2/c1-7(16)14-10-3-2-8(6-9(10)12)20(17,18)15-11-13-4-5-19-11;11-8-5-7(1-2-9(8)12)17(14,15)6-10-13-3-4-16-10/h2-6H,1H3,(H,13,15)(H,14,16);1-5H,6,12H2. The number of thiazole rings is 2. The van der Waals surface area contributed by atoms with Crippen LogP contribution in [0.5, 0.6) is 0 Å². The second-order valence-electron chi connectivity index (χ2n) is 7.13. The van der Waals surface area contributed by atoms with Crippen molar-refractivity contribution in [3.05, 3.63) is 76.2 Å². The fourth-order valence-electron chi connectivity index (χ4n) is 2.67. The van der Waals surface area contributed by atoms with Gasteiger partial charge < -0.3 is 11.1 Å². The highest BCUT2D eigenvalue weighted by molar-refractivity contribution is 7.93. The summed E-state index contributed by atoms with van der Waals surface area (Å²) in [6, 6.07) is 6.68. The number of nitrogens with zero attached hydrogens (tertiary/aromatic N) is 2. The van der Waals surface area contributed by atoms with Gasteiger partial charge in [-0.1, -0.05) is 0 Å². The molecule has 16 heteroatoms. The van der Waals surface area contributed by atoms with Gasteiger partial charge >= 0.3 is 0 Å². The third-order valence-electron chi connectivity index (χ3n) is 4.34. The number of rotatable bonds is 7. The van der Waals surface area contributed by atoms with E-state index in [1.165, 1.54) is 54.9 Å². The van der Waals surface area contributed by atoms with Gasteiger partial charge in [0.25, 0.3) is 10.0 Å². The lowest BCUT2D eigenvalue weighted by molar-refractivity contribution is -0.114. The molecule has 0 saturated heterocycles. The average molecular weight is 588 g/mol. The maximum absolute atomic E-state index is 13.7. The van der Waals surface area contributed by atoms with Crippen molar-refractivity contribution in [1.29, 1.82) is 0 Å². The normalized spacial score (nSPS) is 11.3. The lowest BCUT2D eigenvalue weighted by Gasteiger charge is -2.08. The van der Waals surface area contributed by atoms with Crippen molar-refractivity contribution >= 4 is 64.9 Å². The van der Waals surface area contributed by atoms with E-state index in [1.54, 1.807) is 10.8 Å². The molecule has 2 aromatic heterocycles. The highest BCUT2D eigenvalue weighted by Gasteiger charge is 2.19. The van der Waals surface area contributed by atoms with Crippen LogP contribution >= 0.6 is 22.7 Å². The molecule has 0 aliphatic heterocycles. The highest BCUT2D eigenvalue weighted by Crippen LogP contribution is 2.23. The SMILES string of the molecule is CC(=O)Nc1ccc(S(=O)(=O)Nc2nccs2)cc1F.Nc1ccc(S(=O)(=O)Cc2nccs2)cc1F. The summed E-state index contributed by atoms with van der Waals surface area (Å²) in [4.78, 5) is 18.2. The number of carbonyl (C=O) groups is 1. The molecule has 196 valence electrons. The largest absolute Gasteiger partial charge is 0.396 e. The van der Waals surface area contributed by atoms with Gasteiger partial charge in [0.05, 0.1) is 21.2 Å². The van der Waals surface area contributed by atoms with Crippen LogP contribution in [0.1, 0.15) is 11.9 Å². The number of halogens is 2. The molecule has 0 bridgehead atoms. The molecule has 0 fully saturated rings. The van der Waals surface area contributed by atoms with Crippen molar-refractivity contribution in [1.82, 2.24) is 9.97 Å². The van der Waals surface area contributed by atoms with Gasteiger partial charge in [0.2, 0.25) is 5.91 Å². The maximum atomic E-state index is 13.7. The first-order valence-electron chi connectivity index (χ1n) is 10.0. The molecule has 0 atom stereocenters. The van der Waals surface area contributed by atoms with E-state index in [4.69, 9.17) is 5.73 Å². The van der Waals surface area contributed by atoms with Crippen molar-refractivity contribution in [3.63, 3.8) is 0 Å². The number of hydrogen-bond donors (Lipinski definition) is 3. The third kappa shape index (κ3) is 7.75. The zero-order chi connectivity index (χ0) is 27.2. The van der Waals surface area contributed by atoms with Crippen molar-refractivity contribution < 1.29 is 30.4 Å². The zero-order valence-corrected chi connectivity index (χ0v) is 22.1. The Morgan fingerprint density at radius 1 is 0.946 bits per heavy atom. The molecule has 2 aromatic carbocycles. The number of hydrogen-bond acceptors (Lipinski definition) is 10. The second-order valence-corrected chi connectivity index (χ2v) is 12.7. The molecule has 4 rings (SSSR count). The van der Waals surface area contributed by atoms with Gasteiger partial charge in [0.15, 0.2) is 15.0 Å². The third-order valence-corrected chi connectivity index (χ3v) is 9.09. The average Bonchev–Trinajstić information content (AvgIpc) is 3.51. The summed E-state index contributed by atoms with van der Waals surface area (Å²) in [5.41, 5.74) is 5.14. The smallest absolute Gasteiger partial charge is 0.263 e. The minimum absolute atomic E-state index is 0.0711. The molecular weight excluding hydrogens is 569 g/mol. The number of sulfone groups is 1. The Labute approximate surface area is 219 Å². The lowest BCUT2D eigenvalue weighted by Crippen LogP contribution is -2.14. The zero-order valence-electron chi connectivity index (χ0n) is 18.9. The number of nitrogen functional groups attached to an aromatic ring is 1. The van der Waals surface area contributed by atoms with Crippen molar-refractivity contribution in [2.24, 2.45) is 0 Å². The van der Waals surface area contributed by atoms with Crippen LogP contribution in [0, 0.1) is 11.6 Å². The minimum Gasteiger partial charge on any atom is -0.396 e. The molecule has 0 radical (unpaired) electrons. The first kappa shape index (κ1) is 28.1. The Kier molecular flexibility index (Phi) is 8.90. The van der Waals surface area contributed by atoms with Crippen LogP contribution in [0.25, 0.3) is 0 Å². The van der Waals surface area contributed by atoms with E-state index in [0.717, 1.165) is 23.5 Å². The summed E-state index contributed by atoms with van der Waals surface area (Å²) in [6.45, 7) is 1.23. The van der Waals surface area contributed by atoms with Gasteiger partial charge in [0.1, 0.15) is 22.4 Å². The summed E-state index contributed by atoms with van der Waals surface area (Å²) in [5, 5.41) is 6.22. The molecule has 0 unspecified atom stereocenters. The number of aromatic nitrogens is 2. The molecule has 4 N–H and O–H groups in total. The van der Waals surface area contributed by atoms with Crippen LogP contribution in [-0.2, 0) is 30.4 Å². The predicted octanol–water partition coefficient (Wildman–Crippen LogP) is 3.88. The first-order valence-corrected chi connectivity index (χ1v) is 14.9. The number of benzene rings is 2. The molecule has 0 aliphatic rings. The van der Waals surface area contributed by atoms with E-state index >= 15 is 0 Å². The van der Waals surface area contributed by atoms with E-state index in [-0.39, 0.29) is 32.1 Å². The van der Waals surface area contributed by atoms with Gasteiger partial charge in [-0.15, -0.1) is 22.7 Å². The number of amides is 1. The van der Waals surface area contributed by atoms with Crippen molar-refractivity contribution in [2.75, 3.05) is 15.8 Å². The molecule has 4 aromatic rings. The first-order chi connectivity index (χ1) is 17.4. The van der Waals surface area contributed by atoms with E-state index in [2.05, 4.69) is 20.0 Å². The number of anilines is 3. The molecule has 10 nitrogen and oxygen atoms in total. The minimum atomic E-state index is -3.91. The van der Waals surface area contributed by atoms with Crippen molar-refractivity contribution in [2.45, 2.75) is 22.5 Å². The summed E-state index contributed by atoms with van der Waals surface area (Å²) in [6.07, 6.45) is 2.97. The van der Waals surface area contributed by atoms with Crippen LogP contribution in [0.15, 0.2) is 69.3 Å². The molecule has 0 saturated carbocycles. The number of sulfonamides is 1. The van der Waals surface area contributed by atoms with Crippen LogP contribution in [-0.4, -0.2) is 32.7 Å². The number of carbonyl (C=O) groups excluding carboxylic acids is 1. The Hall–Kier alpha value is -3.47. The summed E-state index contributed by atoms with van der Waals surface area (Å²) in [7, 11) is -7.48. The lowest BCUT2D eigenvalue weighted by atomic mass is 10.3. The van der Waals surface area contributed by atoms with Crippen LogP contribution in [0.2, 0.25) is 0 Å². The summed E-state index contributed by atoms with van der Waals surface area (Å²) < 4.78 is 76.9. The Balaban J connectivity index is 0.000000208. The van der Waals surface area contributed by atoms with E-state index < -0.39 is 37.4 Å². The Morgan fingerprint density at radius 3 is 2.16 bits per heavy atom. The number of nitrogens with two attached hydrogens (primary N) is 1. The van der Waals surface area contributed by atoms with Gasteiger partial charge in [-0.2, -0.15) is 0 Å². The highest BCUT2D eigenvalue weighted by atomic mass is 32.2. The van der Waals surface area contributed by atoms with Crippen LogP contribution < -0.4 is 15.8 Å². The van der Waals surface area contributed by atoms with Gasteiger partial charge in [0, 0.05) is 30.1 Å². The molecule has 1 amide bonds. The monoisotopic (exact) mass is 587 g/mol. The molecule has 0 spiro atoms. The topological polar surface area (TPSA) is 161 Å². The van der Waals surface area contributed by atoms with Gasteiger partial charge in [-0.3, -0.25) is 9.52 Å². The van der Waals surface area contributed by atoms with E-state index in [9.17, 15) is 30.4 Å². The molecule has 0 aliphatic carbocycles. The van der Waals surface area contributed by atoms with E-state index in [0.29, 0.717) is 5.01 Å².